The van der Waals surface area contributed by atoms with Gasteiger partial charge in [0.15, 0.2) is 34.6 Å². The third-order valence-corrected chi connectivity index (χ3v) is 11.6. The number of methoxy groups -OCH3 is 4. The molecule has 2 heterocycles. The van der Waals surface area contributed by atoms with E-state index in [0.717, 1.165) is 92.2 Å². The third-order valence-electron chi connectivity index (χ3n) is 11.3. The Balaban J connectivity index is 0.000000159. The topological polar surface area (TPSA) is 77.5 Å². The molecule has 1 fully saturated rings. The summed E-state index contributed by atoms with van der Waals surface area (Å²) in [5.74, 6) is 3.90. The quantitative estimate of drug-likeness (QED) is 0.158. The average Bonchev–Trinajstić information content (AvgIpc) is 3.75. The number of ether oxygens (including phenoxy) is 4. The highest BCUT2D eigenvalue weighted by Crippen LogP contribution is 2.40. The molecule has 0 bridgehead atoms. The van der Waals surface area contributed by atoms with Crippen LogP contribution < -0.4 is 18.9 Å². The maximum atomic E-state index is 12.9. The van der Waals surface area contributed by atoms with Crippen LogP contribution in [-0.4, -0.2) is 76.0 Å². The lowest BCUT2D eigenvalue weighted by atomic mass is 9.85. The molecule has 8 rings (SSSR count). The van der Waals surface area contributed by atoms with Gasteiger partial charge in [-0.15, -0.1) is 0 Å². The fraction of sp³-hybridized carbons (Fsp3) is 0.404. The predicted molar refractivity (Wildman–Crippen MR) is 223 cm³/mol. The van der Waals surface area contributed by atoms with Gasteiger partial charge in [-0.05, 0) is 104 Å². The Morgan fingerprint density at radius 2 is 1.16 bits per heavy atom. The number of rotatable bonds is 10. The van der Waals surface area contributed by atoms with Crippen molar-refractivity contribution in [3.05, 3.63) is 129 Å². The first-order chi connectivity index (χ1) is 27.3. The fourth-order valence-corrected chi connectivity index (χ4v) is 8.31. The minimum atomic E-state index is 0.109. The van der Waals surface area contributed by atoms with E-state index in [4.69, 9.17) is 30.5 Å². The van der Waals surface area contributed by atoms with Gasteiger partial charge in [0.2, 0.25) is 0 Å². The fourth-order valence-electron chi connectivity index (χ4n) is 8.15. The Morgan fingerprint density at radius 1 is 0.625 bits per heavy atom. The van der Waals surface area contributed by atoms with Crippen molar-refractivity contribution in [1.29, 1.82) is 0 Å². The second kappa shape index (κ2) is 20.0. The van der Waals surface area contributed by atoms with Crippen molar-refractivity contribution in [3.63, 3.8) is 0 Å². The van der Waals surface area contributed by atoms with Crippen LogP contribution in [0.2, 0.25) is 0 Å². The van der Waals surface area contributed by atoms with Gasteiger partial charge in [0, 0.05) is 54.7 Å². The van der Waals surface area contributed by atoms with E-state index in [1.54, 1.807) is 34.5 Å². The van der Waals surface area contributed by atoms with Crippen LogP contribution in [-0.2, 0) is 25.9 Å². The van der Waals surface area contributed by atoms with Gasteiger partial charge in [0.05, 0.1) is 28.4 Å². The van der Waals surface area contributed by atoms with Gasteiger partial charge in [0.25, 0.3) is 0 Å². The lowest BCUT2D eigenvalue weighted by Gasteiger charge is -2.32. The number of aryl methyl sites for hydroxylation is 1. The van der Waals surface area contributed by atoms with Gasteiger partial charge in [-0.25, -0.2) is 0 Å². The van der Waals surface area contributed by atoms with E-state index in [0.29, 0.717) is 35.3 Å². The first kappa shape index (κ1) is 41.0. The molecule has 4 aromatic carbocycles. The summed E-state index contributed by atoms with van der Waals surface area (Å²) < 4.78 is 21.1. The van der Waals surface area contributed by atoms with E-state index in [1.807, 2.05) is 18.2 Å². The minimum Gasteiger partial charge on any atom is -0.493 e. The number of fused-ring (bicyclic) bond motifs is 2. The van der Waals surface area contributed by atoms with Gasteiger partial charge in [-0.3, -0.25) is 19.4 Å². The number of carbonyl (C=O) groups excluding carboxylic acids is 2. The third kappa shape index (κ3) is 10.6. The number of carbonyl (C=O) groups is 2. The first-order valence-corrected chi connectivity index (χ1v) is 20.1. The number of ketones is 2. The van der Waals surface area contributed by atoms with Gasteiger partial charge >= 0.3 is 0 Å². The van der Waals surface area contributed by atoms with Crippen LogP contribution in [0.1, 0.15) is 75.1 Å². The number of halogens is 1. The number of hydrogen-bond donors (Lipinski definition) is 0. The predicted octanol–water partition coefficient (Wildman–Crippen LogP) is 9.21. The van der Waals surface area contributed by atoms with Crippen molar-refractivity contribution in [3.8, 4) is 23.0 Å². The number of Topliss-reactive ketones (excluding diaryl/α,β-unsaturated/α-hetero) is 2. The Bertz CT molecular complexity index is 1960. The molecule has 296 valence electrons. The minimum absolute atomic E-state index is 0.109. The molecule has 4 aromatic rings. The molecule has 1 atom stereocenters. The summed E-state index contributed by atoms with van der Waals surface area (Å²) in [6.07, 6.45) is 8.71. The molecule has 2 aliphatic heterocycles. The zero-order valence-electron chi connectivity index (χ0n) is 33.2. The molecule has 4 aliphatic rings. The zero-order valence-corrected chi connectivity index (χ0v) is 34.0. The van der Waals surface area contributed by atoms with Crippen molar-refractivity contribution < 1.29 is 28.5 Å². The molecule has 1 saturated heterocycles. The van der Waals surface area contributed by atoms with E-state index in [9.17, 15) is 9.59 Å². The molecule has 0 spiro atoms. The summed E-state index contributed by atoms with van der Waals surface area (Å²) in [5.41, 5.74) is 6.53. The van der Waals surface area contributed by atoms with E-state index in [-0.39, 0.29) is 17.5 Å². The van der Waals surface area contributed by atoms with Gasteiger partial charge < -0.3 is 18.9 Å². The number of nitrogens with zero attached hydrogens (tertiary/aromatic N) is 2. The number of likely N-dealkylation sites (tertiary alicyclic amines) is 1. The van der Waals surface area contributed by atoms with Crippen molar-refractivity contribution in [2.75, 3.05) is 54.6 Å². The Hall–Kier alpha value is -4.63. The maximum Gasteiger partial charge on any atom is 0.166 e. The molecular formula is C47H55ClN2O6. The second-order valence-electron chi connectivity index (χ2n) is 15.0. The van der Waals surface area contributed by atoms with Crippen LogP contribution >= 0.6 is 11.6 Å². The van der Waals surface area contributed by atoms with E-state index < -0.39 is 0 Å². The summed E-state index contributed by atoms with van der Waals surface area (Å²) in [6, 6.07) is 28.7. The van der Waals surface area contributed by atoms with Crippen molar-refractivity contribution >= 4 is 23.2 Å². The van der Waals surface area contributed by atoms with Gasteiger partial charge in [0.1, 0.15) is 0 Å². The van der Waals surface area contributed by atoms with Gasteiger partial charge in [-0.1, -0.05) is 78.3 Å². The molecule has 9 heteroatoms. The van der Waals surface area contributed by atoms with Crippen LogP contribution in [0.25, 0.3) is 0 Å². The van der Waals surface area contributed by atoms with E-state index in [2.05, 4.69) is 76.5 Å². The summed E-state index contributed by atoms with van der Waals surface area (Å²) >= 11 is 5.92. The highest BCUT2D eigenvalue weighted by atomic mass is 35.5. The summed E-state index contributed by atoms with van der Waals surface area (Å²) in [5, 5.41) is 1.01. The van der Waals surface area contributed by atoms with Crippen LogP contribution in [0.4, 0.5) is 0 Å². The molecule has 0 radical (unpaired) electrons. The standard InChI is InChI=1S/C24H29NO3.C12H14ClN.C11H12O3/c1-27-22-14-19-13-20(24(26)21(19)15-23(22)28-2)12-17-8-10-25(11-9-17)16-18-6-4-3-5-7-18;13-12-6-8-14(9-7-12)10-11-4-2-1-3-5-11;1-13-10-5-7-3-4-9(12)8(7)6-11(10)14-2/h3-7,14-15,17,20H,8-13,16H2,1-2H3;1-6H,7-10H2;5-6H,3-4H2,1-2H3. The average molecular weight is 779 g/mol. The molecule has 0 saturated carbocycles. The molecule has 0 N–H and O–H groups in total. The molecule has 2 aliphatic carbocycles. The van der Waals surface area contributed by atoms with E-state index in [1.165, 1.54) is 24.0 Å². The summed E-state index contributed by atoms with van der Waals surface area (Å²) in [7, 11) is 6.43. The smallest absolute Gasteiger partial charge is 0.166 e. The maximum absolute atomic E-state index is 12.9. The summed E-state index contributed by atoms with van der Waals surface area (Å²) in [6.45, 7) is 6.35. The normalized spacial score (nSPS) is 18.1. The molecule has 8 nitrogen and oxygen atoms in total. The van der Waals surface area contributed by atoms with Crippen LogP contribution in [0, 0.1) is 11.8 Å². The highest BCUT2D eigenvalue weighted by Gasteiger charge is 2.34. The largest absolute Gasteiger partial charge is 0.493 e. The lowest BCUT2D eigenvalue weighted by Crippen LogP contribution is -2.34. The Morgan fingerprint density at radius 3 is 1.71 bits per heavy atom. The highest BCUT2D eigenvalue weighted by molar-refractivity contribution is 6.29. The monoisotopic (exact) mass is 778 g/mol. The molecule has 0 aromatic heterocycles. The first-order valence-electron chi connectivity index (χ1n) is 19.7. The molecule has 56 heavy (non-hydrogen) atoms. The van der Waals surface area contributed by atoms with Crippen molar-refractivity contribution in [2.45, 2.75) is 58.0 Å². The number of piperidine rings is 1. The Kier molecular flexibility index (Phi) is 14.6. The lowest BCUT2D eigenvalue weighted by molar-refractivity contribution is 0.0895. The van der Waals surface area contributed by atoms with Gasteiger partial charge in [-0.2, -0.15) is 0 Å². The molecule has 1 unspecified atom stereocenters. The van der Waals surface area contributed by atoms with E-state index >= 15 is 0 Å². The van der Waals surface area contributed by atoms with Crippen molar-refractivity contribution in [2.24, 2.45) is 11.8 Å². The van der Waals surface area contributed by atoms with Crippen LogP contribution in [0.15, 0.2) is 96.0 Å². The van der Waals surface area contributed by atoms with Crippen LogP contribution in [0.5, 0.6) is 23.0 Å². The zero-order chi connectivity index (χ0) is 39.4. The molecular weight excluding hydrogens is 724 g/mol. The van der Waals surface area contributed by atoms with Crippen molar-refractivity contribution in [1.82, 2.24) is 9.80 Å². The van der Waals surface area contributed by atoms with Crippen LogP contribution in [0.3, 0.4) is 0 Å². The Labute approximate surface area is 337 Å². The second-order valence-corrected chi connectivity index (χ2v) is 15.5. The summed E-state index contributed by atoms with van der Waals surface area (Å²) in [4.78, 5) is 29.3. The SMILES string of the molecule is COc1cc2c(cc1OC)C(=O)C(CC1CCN(Cc3ccccc3)CC1)C2.COc1cc2c(cc1OC)C(=O)CC2.ClC1=CCN(Cc2ccccc2)CC1. The molecule has 0 amide bonds. The number of benzene rings is 4. The number of hydrogen-bond acceptors (Lipinski definition) is 8.